The molecule has 1 rings (SSSR count). The van der Waals surface area contributed by atoms with E-state index in [9.17, 15) is 10.2 Å². The van der Waals surface area contributed by atoms with Gasteiger partial charge in [0.1, 0.15) is 0 Å². The number of rotatable bonds is 1. The van der Waals surface area contributed by atoms with Crippen molar-refractivity contribution in [1.29, 1.82) is 0 Å². The average Bonchev–Trinajstić information content (AvgIpc) is 1.86. The summed E-state index contributed by atoms with van der Waals surface area (Å²) < 4.78 is 4.59. The first-order valence-electron chi connectivity index (χ1n) is 3.41. The van der Waals surface area contributed by atoms with Gasteiger partial charge >= 0.3 is 76.5 Å². The van der Waals surface area contributed by atoms with Crippen molar-refractivity contribution in [3.05, 3.63) is 0 Å². The van der Waals surface area contributed by atoms with Gasteiger partial charge in [0.05, 0.1) is 0 Å². The van der Waals surface area contributed by atoms with Crippen molar-refractivity contribution < 1.29 is 34.9 Å². The zero-order valence-electron chi connectivity index (χ0n) is 6.54. The number of halogens is 1. The van der Waals surface area contributed by atoms with E-state index in [1.165, 1.54) is 0 Å². The fraction of sp³-hybridized carbons (Fsp3) is 1.00. The van der Waals surface area contributed by atoms with Gasteiger partial charge in [0.25, 0.3) is 0 Å². The minimum atomic E-state index is -0.938. The number of hydrogen-bond donors (Lipinski definition) is 3. The molecule has 0 aromatic carbocycles. The van der Waals surface area contributed by atoms with Gasteiger partial charge in [-0.3, -0.25) is 0 Å². The second-order valence-corrected chi connectivity index (χ2v) is 5.25. The summed E-state index contributed by atoms with van der Waals surface area (Å²) in [6.07, 6.45) is 0. The first kappa shape index (κ1) is 9.66. The predicted molar refractivity (Wildman–Crippen MR) is 35.4 cm³/mol. The van der Waals surface area contributed by atoms with Gasteiger partial charge in [-0.1, -0.05) is 0 Å². The van der Waals surface area contributed by atoms with Crippen molar-refractivity contribution in [2.45, 2.75) is 22.7 Å². The maximum absolute atomic E-state index is 9.67. The van der Waals surface area contributed by atoms with Crippen molar-refractivity contribution in [1.82, 2.24) is 5.32 Å². The van der Waals surface area contributed by atoms with Crippen LogP contribution >= 0.6 is 0 Å². The molecule has 0 unspecified atom stereocenters. The molecule has 4 nitrogen and oxygen atoms in total. The molecule has 5 heteroatoms. The number of aliphatic hydroxyl groups is 2. The van der Waals surface area contributed by atoms with Crippen LogP contribution in [0.4, 0.5) is 0 Å². The normalized spacial score (nSPS) is 46.5. The predicted octanol–water partition coefficient (Wildman–Crippen LogP) is -4.32. The van der Waals surface area contributed by atoms with Crippen LogP contribution in [0.15, 0.2) is 0 Å². The third kappa shape index (κ3) is 2.03. The fourth-order valence-electron chi connectivity index (χ4n) is 1.09. The third-order valence-corrected chi connectivity index (χ3v) is 3.67. The molecule has 1 aliphatic heterocycles. The molecule has 11 heavy (non-hydrogen) atoms. The summed E-state index contributed by atoms with van der Waals surface area (Å²) in [5.41, 5.74) is -0.938. The van der Waals surface area contributed by atoms with Crippen LogP contribution in [0.25, 0.3) is 0 Å². The second kappa shape index (κ2) is 3.53. The Kier molecular flexibility index (Phi) is 3.10. The fourth-order valence-corrected chi connectivity index (χ4v) is 3.70. The Hall–Kier alpha value is 0.570. The summed E-state index contributed by atoms with van der Waals surface area (Å²) in [7, 11) is 1.73. The summed E-state index contributed by atoms with van der Waals surface area (Å²) in [6.45, 7) is 1.99. The second-order valence-electron chi connectivity index (χ2n) is 2.84. The van der Waals surface area contributed by atoms with Gasteiger partial charge in [0, 0.05) is 0 Å². The van der Waals surface area contributed by atoms with Crippen molar-refractivity contribution in [2.24, 2.45) is 0 Å². The summed E-state index contributed by atoms with van der Waals surface area (Å²) in [5.74, 6) is 0. The molecule has 0 spiro atoms. The molecular weight excluding hydrogens is 261 g/mol. The summed E-state index contributed by atoms with van der Waals surface area (Å²) in [5, 5.41) is 22.0. The van der Waals surface area contributed by atoms with Crippen LogP contribution in [-0.2, 0) is 3.07 Å². The topological polar surface area (TPSA) is 61.7 Å². The molecule has 1 heterocycles. The monoisotopic (exact) mass is 274 g/mol. The first-order valence-corrected chi connectivity index (χ1v) is 5.53. The van der Waals surface area contributed by atoms with Crippen molar-refractivity contribution in [3.8, 4) is 0 Å². The van der Waals surface area contributed by atoms with Crippen LogP contribution in [0.1, 0.15) is 6.92 Å². The van der Waals surface area contributed by atoms with Gasteiger partial charge in [0.15, 0.2) is 0 Å². The first-order chi connectivity index (χ1) is 5.08. The quantitative estimate of drug-likeness (QED) is 0.334. The van der Waals surface area contributed by atoms with Crippen LogP contribution in [-0.4, -0.2) is 39.6 Å². The number of nitrogens with one attached hydrogen (secondary N) is 1. The van der Waals surface area contributed by atoms with Gasteiger partial charge in [-0.2, -0.15) is 0 Å². The number of hydrogen-bond acceptors (Lipinski definition) is 4. The molecule has 0 bridgehead atoms. The van der Waals surface area contributed by atoms with Crippen LogP contribution in [0.5, 0.6) is 0 Å². The van der Waals surface area contributed by atoms with Crippen molar-refractivity contribution in [3.63, 3.8) is 0 Å². The van der Waals surface area contributed by atoms with Gasteiger partial charge in [-0.05, 0) is 0 Å². The molecule has 0 saturated carbocycles. The zero-order chi connectivity index (χ0) is 8.48. The Morgan fingerprint density at radius 2 is 2.36 bits per heavy atom. The van der Waals surface area contributed by atoms with Crippen LogP contribution in [0.3, 0.4) is 0 Å². The van der Waals surface area contributed by atoms with E-state index in [1.54, 1.807) is 14.0 Å². The van der Waals surface area contributed by atoms with Gasteiger partial charge in [0.2, 0.25) is 0 Å². The molecule has 0 aromatic rings. The van der Waals surface area contributed by atoms with E-state index in [0.717, 1.165) is 0 Å². The summed E-state index contributed by atoms with van der Waals surface area (Å²) in [6, 6.07) is -0.246. The summed E-state index contributed by atoms with van der Waals surface area (Å²) in [4.78, 5) is 0. The Labute approximate surface area is 76.7 Å². The Bertz CT molecular complexity index is 142. The number of likely N-dealkylation sites (N-methyl/N-ethyl adjacent to an activating group) is 1. The van der Waals surface area contributed by atoms with Crippen LogP contribution in [0, 0.1) is 0 Å². The minimum absolute atomic E-state index is 0.246. The number of alkyl halides is 1. The molecule has 3 N–H and O–H groups in total. The molecule has 0 aromatic heterocycles. The molecule has 0 aliphatic carbocycles. The molecule has 0 radical (unpaired) electrons. The zero-order valence-corrected chi connectivity index (χ0v) is 8.70. The summed E-state index contributed by atoms with van der Waals surface area (Å²) >= 11 is -0.621. The van der Waals surface area contributed by atoms with Crippen molar-refractivity contribution >= 4 is 0 Å². The maximum atomic E-state index is 9.67. The van der Waals surface area contributed by atoms with Gasteiger partial charge in [-0.15, -0.1) is 0 Å². The van der Waals surface area contributed by atoms with E-state index in [1.807, 2.05) is 0 Å². The van der Waals surface area contributed by atoms with E-state index < -0.39 is 31.3 Å². The van der Waals surface area contributed by atoms with Crippen LogP contribution in [0.2, 0.25) is 0 Å². The Morgan fingerprint density at radius 1 is 1.73 bits per heavy atom. The van der Waals surface area contributed by atoms with E-state index in [4.69, 9.17) is 3.07 Å². The Morgan fingerprint density at radius 3 is 2.73 bits per heavy atom. The molecular formula is C6H13INO3-. The van der Waals surface area contributed by atoms with Crippen LogP contribution < -0.4 is 26.9 Å². The number of aliphatic hydroxyl groups excluding tert-OH is 1. The van der Waals surface area contributed by atoms with E-state index >= 15 is 0 Å². The Balaban J connectivity index is 2.64. The third-order valence-electron chi connectivity index (χ3n) is 1.76. The molecule has 68 valence electrons. The van der Waals surface area contributed by atoms with E-state index in [0.29, 0.717) is 6.61 Å². The molecule has 3 atom stereocenters. The molecule has 1 fully saturated rings. The standard InChI is InChI=1S/C6H13INO3/c1-6(10)3-11-7-5(9)4(6)8-2/h4-5,8-10H,3H2,1-2H3/q-1/t4-,5-,6+/m0/s1. The molecule has 1 saturated heterocycles. The van der Waals surface area contributed by atoms with E-state index in [-0.39, 0.29) is 6.04 Å². The SMILES string of the molecule is CN[C@H]1[C@H](O)[I-]OC[C@@]1(C)O. The van der Waals surface area contributed by atoms with Gasteiger partial charge in [-0.25, -0.2) is 0 Å². The van der Waals surface area contributed by atoms with Gasteiger partial charge < -0.3 is 0 Å². The molecule has 1 aliphatic rings. The van der Waals surface area contributed by atoms with Crippen molar-refractivity contribution in [2.75, 3.05) is 13.7 Å². The van der Waals surface area contributed by atoms with E-state index in [2.05, 4.69) is 5.32 Å². The molecule has 0 amide bonds. The average molecular weight is 274 g/mol.